The van der Waals surface area contributed by atoms with Crippen LogP contribution in [0.5, 0.6) is 0 Å². The minimum atomic E-state index is 1.03. The van der Waals surface area contributed by atoms with Gasteiger partial charge in [-0.15, -0.1) is 8.58 Å². The van der Waals surface area contributed by atoms with E-state index < -0.39 is 0 Å². The second-order valence-electron chi connectivity index (χ2n) is 6.56. The minimum Gasteiger partial charge on any atom is -0.122 e. The summed E-state index contributed by atoms with van der Waals surface area (Å²) in [6.45, 7) is 9.37. The SMILES string of the molecule is CCCCC(CC)CPCCCCC(CCC)CCC. The van der Waals surface area contributed by atoms with E-state index in [1.807, 2.05) is 0 Å². The maximum Gasteiger partial charge on any atom is -0.0325 e. The second-order valence-corrected chi connectivity index (χ2v) is 7.97. The second kappa shape index (κ2) is 15.8. The van der Waals surface area contributed by atoms with Gasteiger partial charge in [0.15, 0.2) is 0 Å². The van der Waals surface area contributed by atoms with Gasteiger partial charge in [0.1, 0.15) is 0 Å². The lowest BCUT2D eigenvalue weighted by Crippen LogP contribution is -2.02. The zero-order valence-electron chi connectivity index (χ0n) is 14.8. The van der Waals surface area contributed by atoms with Crippen LogP contribution < -0.4 is 0 Å². The number of hydrogen-bond donors (Lipinski definition) is 0. The van der Waals surface area contributed by atoms with E-state index in [9.17, 15) is 0 Å². The van der Waals surface area contributed by atoms with Crippen molar-refractivity contribution in [1.29, 1.82) is 0 Å². The lowest BCUT2D eigenvalue weighted by molar-refractivity contribution is 0.399. The fourth-order valence-electron chi connectivity index (χ4n) is 3.18. The number of unbranched alkanes of at least 4 members (excludes halogenated alkanes) is 2. The van der Waals surface area contributed by atoms with E-state index in [-0.39, 0.29) is 0 Å². The average molecular weight is 301 g/mol. The Morgan fingerprint density at radius 2 is 1.30 bits per heavy atom. The normalized spacial score (nSPS) is 13.7. The molecule has 0 N–H and O–H groups in total. The third kappa shape index (κ3) is 12.2. The average Bonchev–Trinajstić information content (AvgIpc) is 2.46. The van der Waals surface area contributed by atoms with Gasteiger partial charge in [-0.25, -0.2) is 0 Å². The van der Waals surface area contributed by atoms with Crippen molar-refractivity contribution in [3.05, 3.63) is 0 Å². The first kappa shape index (κ1) is 20.4. The molecule has 0 aliphatic carbocycles. The predicted octanol–water partition coefficient (Wildman–Crippen LogP) is 7.27. The van der Waals surface area contributed by atoms with E-state index in [4.69, 9.17) is 0 Å². The Hall–Kier alpha value is 0.430. The van der Waals surface area contributed by atoms with Gasteiger partial charge < -0.3 is 0 Å². The monoisotopic (exact) mass is 300 g/mol. The molecule has 2 atom stereocenters. The van der Waals surface area contributed by atoms with E-state index in [1.165, 1.54) is 91.5 Å². The molecule has 0 bridgehead atoms. The highest BCUT2D eigenvalue weighted by Gasteiger charge is 2.07. The highest BCUT2D eigenvalue weighted by atomic mass is 31.1. The molecule has 0 nitrogen and oxygen atoms in total. The van der Waals surface area contributed by atoms with Crippen LogP contribution in [0.3, 0.4) is 0 Å². The fraction of sp³-hybridized carbons (Fsp3) is 1.00. The third-order valence-corrected chi connectivity index (χ3v) is 6.16. The Labute approximate surface area is 131 Å². The van der Waals surface area contributed by atoms with Gasteiger partial charge in [0, 0.05) is 0 Å². The fourth-order valence-corrected chi connectivity index (χ4v) is 4.79. The molecule has 0 spiro atoms. The molecule has 0 aliphatic rings. The molecule has 0 radical (unpaired) electrons. The van der Waals surface area contributed by atoms with Gasteiger partial charge in [0.05, 0.1) is 0 Å². The van der Waals surface area contributed by atoms with Crippen LogP contribution in [0.25, 0.3) is 0 Å². The summed E-state index contributed by atoms with van der Waals surface area (Å²) in [5.74, 6) is 2.06. The first-order valence-electron chi connectivity index (χ1n) is 9.49. The van der Waals surface area contributed by atoms with Crippen molar-refractivity contribution in [3.8, 4) is 0 Å². The van der Waals surface area contributed by atoms with Crippen LogP contribution in [-0.2, 0) is 0 Å². The molecule has 0 aromatic heterocycles. The Kier molecular flexibility index (Phi) is 16.2. The molecule has 0 rings (SSSR count). The molecule has 0 amide bonds. The quantitative estimate of drug-likeness (QED) is 0.220. The molecule has 0 aromatic carbocycles. The van der Waals surface area contributed by atoms with Crippen molar-refractivity contribution < 1.29 is 0 Å². The van der Waals surface area contributed by atoms with Crippen molar-refractivity contribution in [2.75, 3.05) is 12.3 Å². The first-order chi connectivity index (χ1) is 9.78. The summed E-state index contributed by atoms with van der Waals surface area (Å²) in [6.07, 6.45) is 18.9. The Bertz CT molecular complexity index is 173. The van der Waals surface area contributed by atoms with Crippen molar-refractivity contribution in [1.82, 2.24) is 0 Å². The lowest BCUT2D eigenvalue weighted by atomic mass is 9.93. The van der Waals surface area contributed by atoms with Crippen LogP contribution >= 0.6 is 8.58 Å². The predicted molar refractivity (Wildman–Crippen MR) is 98.5 cm³/mol. The maximum atomic E-state index is 2.38. The Morgan fingerprint density at radius 1 is 0.650 bits per heavy atom. The third-order valence-electron chi connectivity index (χ3n) is 4.59. The van der Waals surface area contributed by atoms with E-state index in [0.29, 0.717) is 0 Å². The molecule has 2 unspecified atom stereocenters. The maximum absolute atomic E-state index is 2.38. The van der Waals surface area contributed by atoms with E-state index in [2.05, 4.69) is 27.7 Å². The zero-order chi connectivity index (χ0) is 15.1. The molecule has 0 aliphatic heterocycles. The van der Waals surface area contributed by atoms with E-state index >= 15 is 0 Å². The number of hydrogen-bond acceptors (Lipinski definition) is 0. The van der Waals surface area contributed by atoms with Crippen LogP contribution in [0, 0.1) is 11.8 Å². The molecular weight excluding hydrogens is 259 g/mol. The van der Waals surface area contributed by atoms with Crippen molar-refractivity contribution in [3.63, 3.8) is 0 Å². The Morgan fingerprint density at radius 3 is 1.85 bits per heavy atom. The lowest BCUT2D eigenvalue weighted by Gasteiger charge is -2.16. The number of rotatable bonds is 15. The van der Waals surface area contributed by atoms with Gasteiger partial charge >= 0.3 is 0 Å². The standard InChI is InChI=1S/C19H41P/c1-5-9-14-18(8-4)17-20-16-11-10-15-19(12-6-2)13-7-3/h18-20H,5-17H2,1-4H3. The molecule has 0 heterocycles. The first-order valence-corrected chi connectivity index (χ1v) is 10.9. The molecule has 0 aromatic rings. The van der Waals surface area contributed by atoms with E-state index in [1.54, 1.807) is 0 Å². The highest BCUT2D eigenvalue weighted by molar-refractivity contribution is 7.37. The molecule has 0 saturated carbocycles. The summed E-state index contributed by atoms with van der Waals surface area (Å²) in [5, 5.41) is 0. The molecule has 1 heteroatoms. The molecular formula is C19H41P. The largest absolute Gasteiger partial charge is 0.122 e. The summed E-state index contributed by atoms with van der Waals surface area (Å²) < 4.78 is 0. The van der Waals surface area contributed by atoms with Crippen molar-refractivity contribution in [2.24, 2.45) is 11.8 Å². The van der Waals surface area contributed by atoms with Crippen LogP contribution in [0.4, 0.5) is 0 Å². The molecule has 0 fully saturated rings. The molecule has 0 saturated heterocycles. The summed E-state index contributed by atoms with van der Waals surface area (Å²) in [7, 11) is 1.24. The summed E-state index contributed by atoms with van der Waals surface area (Å²) in [4.78, 5) is 0. The minimum absolute atomic E-state index is 1.03. The summed E-state index contributed by atoms with van der Waals surface area (Å²) in [5.41, 5.74) is 0. The van der Waals surface area contributed by atoms with Crippen LogP contribution in [0.15, 0.2) is 0 Å². The zero-order valence-corrected chi connectivity index (χ0v) is 15.8. The van der Waals surface area contributed by atoms with E-state index in [0.717, 1.165) is 11.8 Å². The van der Waals surface area contributed by atoms with Gasteiger partial charge in [-0.3, -0.25) is 0 Å². The van der Waals surface area contributed by atoms with Crippen molar-refractivity contribution >= 4 is 8.58 Å². The van der Waals surface area contributed by atoms with Crippen LogP contribution in [-0.4, -0.2) is 12.3 Å². The van der Waals surface area contributed by atoms with Gasteiger partial charge in [0.25, 0.3) is 0 Å². The van der Waals surface area contributed by atoms with Gasteiger partial charge in [-0.05, 0) is 30.6 Å². The van der Waals surface area contributed by atoms with Gasteiger partial charge in [0.2, 0.25) is 0 Å². The summed E-state index contributed by atoms with van der Waals surface area (Å²) in [6, 6.07) is 0. The highest BCUT2D eigenvalue weighted by Crippen LogP contribution is 2.25. The van der Waals surface area contributed by atoms with Gasteiger partial charge in [-0.1, -0.05) is 91.9 Å². The smallest absolute Gasteiger partial charge is 0.0325 e. The van der Waals surface area contributed by atoms with Crippen molar-refractivity contribution in [2.45, 2.75) is 98.3 Å². The Balaban J connectivity index is 3.49. The molecule has 20 heavy (non-hydrogen) atoms. The topological polar surface area (TPSA) is 0 Å². The van der Waals surface area contributed by atoms with Crippen LogP contribution in [0.1, 0.15) is 98.3 Å². The van der Waals surface area contributed by atoms with Crippen LogP contribution in [0.2, 0.25) is 0 Å². The summed E-state index contributed by atoms with van der Waals surface area (Å²) >= 11 is 0. The molecule has 122 valence electrons. The van der Waals surface area contributed by atoms with Gasteiger partial charge in [-0.2, -0.15) is 0 Å².